The van der Waals surface area contributed by atoms with Crippen molar-refractivity contribution in [3.8, 4) is 0 Å². The second kappa shape index (κ2) is 3.74. The third-order valence-electron chi connectivity index (χ3n) is 1.72. The van der Waals surface area contributed by atoms with Gasteiger partial charge in [-0.3, -0.25) is 4.98 Å². The fourth-order valence-corrected chi connectivity index (χ4v) is 1.74. The van der Waals surface area contributed by atoms with Crippen LogP contribution in [0, 0.1) is 0 Å². The zero-order chi connectivity index (χ0) is 9.90. The van der Waals surface area contributed by atoms with E-state index in [0.717, 1.165) is 0 Å². The van der Waals surface area contributed by atoms with Crippen LogP contribution in [-0.2, 0) is 15.6 Å². The van der Waals surface area contributed by atoms with Crippen LogP contribution in [0.4, 0.5) is 5.69 Å². The average Bonchev–Trinajstić information content (AvgIpc) is 2.09. The zero-order valence-electron chi connectivity index (χ0n) is 7.40. The molecule has 0 amide bonds. The molecule has 2 N–H and O–H groups in total. The minimum atomic E-state index is -3.04. The van der Waals surface area contributed by atoms with Crippen molar-refractivity contribution in [3.05, 3.63) is 24.0 Å². The quantitative estimate of drug-likeness (QED) is 0.775. The summed E-state index contributed by atoms with van der Waals surface area (Å²) in [5.74, 6) is 0.0409. The molecule has 72 valence electrons. The molecule has 1 heterocycles. The summed E-state index contributed by atoms with van der Waals surface area (Å²) < 4.78 is 22.5. The number of hydrogen-bond acceptors (Lipinski definition) is 4. The fraction of sp³-hybridized carbons (Fsp3) is 0.375. The summed E-state index contributed by atoms with van der Waals surface area (Å²) in [6, 6.07) is 3.32. The first kappa shape index (κ1) is 9.98. The van der Waals surface area contributed by atoms with Crippen molar-refractivity contribution in [2.75, 3.05) is 11.5 Å². The van der Waals surface area contributed by atoms with E-state index in [1.807, 2.05) is 0 Å². The lowest BCUT2D eigenvalue weighted by Crippen LogP contribution is -2.09. The summed E-state index contributed by atoms with van der Waals surface area (Å²) in [7, 11) is -3.04. The van der Waals surface area contributed by atoms with E-state index in [0.29, 0.717) is 11.4 Å². The Morgan fingerprint density at radius 3 is 2.77 bits per heavy atom. The van der Waals surface area contributed by atoms with Crippen LogP contribution in [0.1, 0.15) is 12.6 Å². The Bertz CT molecular complexity index is 387. The maximum Gasteiger partial charge on any atom is 0.155 e. The van der Waals surface area contributed by atoms with Gasteiger partial charge in [-0.1, -0.05) is 6.92 Å². The Labute approximate surface area is 77.7 Å². The van der Waals surface area contributed by atoms with Crippen molar-refractivity contribution in [2.45, 2.75) is 12.7 Å². The Morgan fingerprint density at radius 2 is 2.23 bits per heavy atom. The van der Waals surface area contributed by atoms with Gasteiger partial charge in [0.25, 0.3) is 0 Å². The third kappa shape index (κ3) is 2.69. The van der Waals surface area contributed by atoms with Crippen LogP contribution >= 0.6 is 0 Å². The Balaban J connectivity index is 2.93. The van der Waals surface area contributed by atoms with Crippen molar-refractivity contribution in [1.82, 2.24) is 4.98 Å². The number of rotatable bonds is 3. The van der Waals surface area contributed by atoms with E-state index in [2.05, 4.69) is 4.98 Å². The van der Waals surface area contributed by atoms with Crippen LogP contribution in [-0.4, -0.2) is 19.2 Å². The number of pyridine rings is 1. The highest BCUT2D eigenvalue weighted by Crippen LogP contribution is 2.11. The van der Waals surface area contributed by atoms with E-state index in [9.17, 15) is 8.42 Å². The average molecular weight is 200 g/mol. The van der Waals surface area contributed by atoms with Gasteiger partial charge in [0.15, 0.2) is 9.84 Å². The molecule has 0 saturated heterocycles. The smallest absolute Gasteiger partial charge is 0.155 e. The molecule has 13 heavy (non-hydrogen) atoms. The van der Waals surface area contributed by atoms with Gasteiger partial charge in [-0.2, -0.15) is 0 Å². The van der Waals surface area contributed by atoms with Crippen LogP contribution < -0.4 is 5.73 Å². The lowest BCUT2D eigenvalue weighted by molar-refractivity contribution is 0.596. The van der Waals surface area contributed by atoms with Crippen molar-refractivity contribution >= 4 is 15.5 Å². The molecule has 1 aromatic rings. The molecule has 0 aromatic carbocycles. The number of nitrogens with two attached hydrogens (primary N) is 1. The van der Waals surface area contributed by atoms with Gasteiger partial charge in [0.2, 0.25) is 0 Å². The van der Waals surface area contributed by atoms with Crippen LogP contribution in [0.15, 0.2) is 18.3 Å². The van der Waals surface area contributed by atoms with Gasteiger partial charge in [0.05, 0.1) is 17.1 Å². The normalized spacial score (nSPS) is 11.5. The first-order valence-electron chi connectivity index (χ1n) is 3.95. The minimum absolute atomic E-state index is 0.0732. The topological polar surface area (TPSA) is 73.0 Å². The number of nitrogen functional groups attached to an aromatic ring is 1. The molecule has 0 aliphatic carbocycles. The standard InChI is InChI=1S/C8H12N2O2S/c1-2-13(11,12)6-8-7(9)4-3-5-10-8/h3-5H,2,6,9H2,1H3. The molecule has 0 aliphatic heterocycles. The molecule has 0 fully saturated rings. The van der Waals surface area contributed by atoms with Crippen LogP contribution in [0.5, 0.6) is 0 Å². The van der Waals surface area contributed by atoms with Gasteiger partial charge in [-0.15, -0.1) is 0 Å². The second-order valence-electron chi connectivity index (χ2n) is 2.72. The molecule has 0 aliphatic rings. The van der Waals surface area contributed by atoms with Gasteiger partial charge in [-0.05, 0) is 12.1 Å². The second-order valence-corrected chi connectivity index (χ2v) is 5.07. The van der Waals surface area contributed by atoms with Gasteiger partial charge in [-0.25, -0.2) is 8.42 Å². The molecular formula is C8H12N2O2S. The maximum atomic E-state index is 11.2. The largest absolute Gasteiger partial charge is 0.397 e. The summed E-state index contributed by atoms with van der Waals surface area (Å²) in [5, 5.41) is 0. The predicted molar refractivity (Wildman–Crippen MR) is 51.8 cm³/mol. The molecule has 0 unspecified atom stereocenters. The van der Waals surface area contributed by atoms with Crippen molar-refractivity contribution in [1.29, 1.82) is 0 Å². The minimum Gasteiger partial charge on any atom is -0.397 e. The summed E-state index contributed by atoms with van der Waals surface area (Å²) in [5.41, 5.74) is 6.42. The fourth-order valence-electron chi connectivity index (χ4n) is 0.881. The van der Waals surface area contributed by atoms with Gasteiger partial charge in [0, 0.05) is 11.9 Å². The molecule has 0 bridgehead atoms. The lowest BCUT2D eigenvalue weighted by atomic mass is 10.3. The summed E-state index contributed by atoms with van der Waals surface area (Å²) in [6.07, 6.45) is 1.54. The zero-order valence-corrected chi connectivity index (χ0v) is 8.21. The highest BCUT2D eigenvalue weighted by atomic mass is 32.2. The summed E-state index contributed by atoms with van der Waals surface area (Å²) in [4.78, 5) is 3.91. The van der Waals surface area contributed by atoms with Crippen LogP contribution in [0.3, 0.4) is 0 Å². The van der Waals surface area contributed by atoms with E-state index in [-0.39, 0.29) is 11.5 Å². The Morgan fingerprint density at radius 1 is 1.54 bits per heavy atom. The van der Waals surface area contributed by atoms with Crippen LogP contribution in [0.25, 0.3) is 0 Å². The monoisotopic (exact) mass is 200 g/mol. The van der Waals surface area contributed by atoms with E-state index < -0.39 is 9.84 Å². The third-order valence-corrected chi connectivity index (χ3v) is 3.31. The highest BCUT2D eigenvalue weighted by molar-refractivity contribution is 7.90. The van der Waals surface area contributed by atoms with Crippen molar-refractivity contribution in [2.24, 2.45) is 0 Å². The van der Waals surface area contributed by atoms with Crippen molar-refractivity contribution in [3.63, 3.8) is 0 Å². The molecule has 0 saturated carbocycles. The molecule has 1 rings (SSSR count). The molecule has 4 nitrogen and oxygen atoms in total. The van der Waals surface area contributed by atoms with Crippen molar-refractivity contribution < 1.29 is 8.42 Å². The number of anilines is 1. The Kier molecular flexibility index (Phi) is 2.87. The van der Waals surface area contributed by atoms with E-state index in [1.54, 1.807) is 19.1 Å². The number of nitrogens with zero attached hydrogens (tertiary/aromatic N) is 1. The van der Waals surface area contributed by atoms with E-state index in [1.165, 1.54) is 6.20 Å². The number of hydrogen-bond donors (Lipinski definition) is 1. The Hall–Kier alpha value is -1.10. The molecule has 1 aromatic heterocycles. The molecule has 5 heteroatoms. The maximum absolute atomic E-state index is 11.2. The number of aromatic nitrogens is 1. The van der Waals surface area contributed by atoms with Gasteiger partial charge in [0.1, 0.15) is 0 Å². The predicted octanol–water partition coefficient (Wildman–Crippen LogP) is 0.599. The van der Waals surface area contributed by atoms with Gasteiger partial charge >= 0.3 is 0 Å². The van der Waals surface area contributed by atoms with E-state index >= 15 is 0 Å². The lowest BCUT2D eigenvalue weighted by Gasteiger charge is -2.03. The first-order chi connectivity index (χ1) is 6.05. The first-order valence-corrected chi connectivity index (χ1v) is 5.77. The van der Waals surface area contributed by atoms with Crippen LogP contribution in [0.2, 0.25) is 0 Å². The molecular weight excluding hydrogens is 188 g/mol. The SMILES string of the molecule is CCS(=O)(=O)Cc1ncccc1N. The summed E-state index contributed by atoms with van der Waals surface area (Å²) >= 11 is 0. The molecule has 0 radical (unpaired) electrons. The van der Waals surface area contributed by atoms with E-state index in [4.69, 9.17) is 5.73 Å². The summed E-state index contributed by atoms with van der Waals surface area (Å²) in [6.45, 7) is 1.61. The molecule has 0 atom stereocenters. The molecule has 0 spiro atoms. The number of sulfone groups is 1. The highest BCUT2D eigenvalue weighted by Gasteiger charge is 2.11. The van der Waals surface area contributed by atoms with Gasteiger partial charge < -0.3 is 5.73 Å².